The molecule has 0 saturated carbocycles. The van der Waals surface area contributed by atoms with Crippen molar-refractivity contribution in [1.82, 2.24) is 9.97 Å². The fourth-order valence-corrected chi connectivity index (χ4v) is 0.721. The van der Waals surface area contributed by atoms with Crippen molar-refractivity contribution < 1.29 is 9.53 Å². The van der Waals surface area contributed by atoms with E-state index in [1.54, 1.807) is 0 Å². The van der Waals surface area contributed by atoms with Crippen molar-refractivity contribution in [2.24, 2.45) is 0 Å². The van der Waals surface area contributed by atoms with Gasteiger partial charge in [-0.2, -0.15) is 0 Å². The minimum absolute atomic E-state index is 0.0857. The van der Waals surface area contributed by atoms with Crippen LogP contribution < -0.4 is 0 Å². The number of aromatic nitrogens is 2. The molecule has 64 valence electrons. The molecule has 1 heterocycles. The smallest absolute Gasteiger partial charge is 0.191 e. The zero-order valence-corrected chi connectivity index (χ0v) is 6.86. The molecule has 0 fully saturated rings. The quantitative estimate of drug-likeness (QED) is 0.618. The summed E-state index contributed by atoms with van der Waals surface area (Å²) in [5.74, 6) is -0.0857. The Morgan fingerprint density at radius 3 is 2.75 bits per heavy atom. The molecule has 1 aromatic rings. The molecule has 1 rings (SSSR count). The van der Waals surface area contributed by atoms with Crippen molar-refractivity contribution in [2.75, 3.05) is 13.2 Å². The van der Waals surface area contributed by atoms with Crippen LogP contribution in [0.1, 0.15) is 17.3 Å². The molecule has 4 heteroatoms. The van der Waals surface area contributed by atoms with Gasteiger partial charge < -0.3 is 4.74 Å². The van der Waals surface area contributed by atoms with E-state index in [1.165, 1.54) is 18.7 Å². The Labute approximate surface area is 70.6 Å². The standard InChI is InChI=1S/C8H10N2O2/c1-2-12-5-8(11)7-3-9-6-10-4-7/h3-4,6H,2,5H2,1H3. The van der Waals surface area contributed by atoms with Gasteiger partial charge in [0.25, 0.3) is 0 Å². The molecule has 0 amide bonds. The van der Waals surface area contributed by atoms with E-state index < -0.39 is 0 Å². The first kappa shape index (κ1) is 8.80. The van der Waals surface area contributed by atoms with Crippen molar-refractivity contribution in [1.29, 1.82) is 0 Å². The molecule has 0 bridgehead atoms. The summed E-state index contributed by atoms with van der Waals surface area (Å²) in [7, 11) is 0. The Balaban J connectivity index is 2.54. The molecule has 12 heavy (non-hydrogen) atoms. The van der Waals surface area contributed by atoms with Gasteiger partial charge in [0.15, 0.2) is 5.78 Å². The lowest BCUT2D eigenvalue weighted by Gasteiger charge is -1.98. The molecule has 4 nitrogen and oxygen atoms in total. The van der Waals surface area contributed by atoms with Crippen LogP contribution in [-0.2, 0) is 4.74 Å². The molecular formula is C8H10N2O2. The first-order valence-electron chi connectivity index (χ1n) is 3.70. The highest BCUT2D eigenvalue weighted by atomic mass is 16.5. The number of hydrogen-bond acceptors (Lipinski definition) is 4. The fraction of sp³-hybridized carbons (Fsp3) is 0.375. The Morgan fingerprint density at radius 1 is 1.50 bits per heavy atom. The summed E-state index contributed by atoms with van der Waals surface area (Å²) in [6.07, 6.45) is 4.35. The van der Waals surface area contributed by atoms with E-state index in [4.69, 9.17) is 4.74 Å². The highest BCUT2D eigenvalue weighted by Gasteiger charge is 2.04. The Hall–Kier alpha value is -1.29. The van der Waals surface area contributed by atoms with Crippen LogP contribution >= 0.6 is 0 Å². The van der Waals surface area contributed by atoms with E-state index in [1.807, 2.05) is 6.92 Å². The van der Waals surface area contributed by atoms with Crippen LogP contribution in [0.15, 0.2) is 18.7 Å². The maximum Gasteiger partial charge on any atom is 0.191 e. The molecular weight excluding hydrogens is 156 g/mol. The zero-order valence-electron chi connectivity index (χ0n) is 6.86. The van der Waals surface area contributed by atoms with Crippen LogP contribution in [0.25, 0.3) is 0 Å². The highest BCUT2D eigenvalue weighted by Crippen LogP contribution is 1.95. The topological polar surface area (TPSA) is 52.1 Å². The number of ether oxygens (including phenoxy) is 1. The van der Waals surface area contributed by atoms with Gasteiger partial charge in [-0.25, -0.2) is 9.97 Å². The number of carbonyl (C=O) groups excluding carboxylic acids is 1. The Kier molecular flexibility index (Phi) is 3.35. The van der Waals surface area contributed by atoms with Gasteiger partial charge in [-0.3, -0.25) is 4.79 Å². The van der Waals surface area contributed by atoms with Gasteiger partial charge in [0.05, 0.1) is 5.56 Å². The second-order valence-electron chi connectivity index (χ2n) is 2.19. The van der Waals surface area contributed by atoms with Gasteiger partial charge in [-0.15, -0.1) is 0 Å². The maximum atomic E-state index is 11.2. The van der Waals surface area contributed by atoms with Gasteiger partial charge in [0.1, 0.15) is 12.9 Å². The Bertz CT molecular complexity index is 248. The number of carbonyl (C=O) groups is 1. The average molecular weight is 166 g/mol. The lowest BCUT2D eigenvalue weighted by molar-refractivity contribution is 0.0782. The average Bonchev–Trinajstić information content (AvgIpc) is 2.15. The molecule has 0 aliphatic carbocycles. The predicted octanol–water partition coefficient (Wildman–Crippen LogP) is 0.696. The number of ketones is 1. The van der Waals surface area contributed by atoms with E-state index in [-0.39, 0.29) is 12.4 Å². The third-order valence-corrected chi connectivity index (χ3v) is 1.32. The lowest BCUT2D eigenvalue weighted by Crippen LogP contribution is -2.09. The first-order valence-corrected chi connectivity index (χ1v) is 3.70. The molecule has 0 radical (unpaired) electrons. The summed E-state index contributed by atoms with van der Waals surface area (Å²) in [5.41, 5.74) is 0.492. The minimum Gasteiger partial charge on any atom is -0.374 e. The molecule has 0 spiro atoms. The van der Waals surface area contributed by atoms with Gasteiger partial charge in [0, 0.05) is 19.0 Å². The van der Waals surface area contributed by atoms with Crippen molar-refractivity contribution >= 4 is 5.78 Å². The summed E-state index contributed by atoms with van der Waals surface area (Å²) < 4.78 is 4.94. The zero-order chi connectivity index (χ0) is 8.81. The number of nitrogens with zero attached hydrogens (tertiary/aromatic N) is 2. The molecule has 0 saturated heterocycles. The van der Waals surface area contributed by atoms with Crippen molar-refractivity contribution in [3.05, 3.63) is 24.3 Å². The van der Waals surface area contributed by atoms with E-state index in [0.717, 1.165) is 0 Å². The van der Waals surface area contributed by atoms with Crippen molar-refractivity contribution in [3.63, 3.8) is 0 Å². The fourth-order valence-electron chi connectivity index (χ4n) is 0.721. The van der Waals surface area contributed by atoms with Crippen LogP contribution in [0.4, 0.5) is 0 Å². The molecule has 0 aromatic carbocycles. The molecule has 0 aliphatic rings. The first-order chi connectivity index (χ1) is 5.84. The number of Topliss-reactive ketones (excluding diaryl/α,β-unsaturated/α-hetero) is 1. The van der Waals surface area contributed by atoms with Crippen molar-refractivity contribution in [3.8, 4) is 0 Å². The molecule has 0 N–H and O–H groups in total. The maximum absolute atomic E-state index is 11.2. The van der Waals surface area contributed by atoms with Crippen LogP contribution in [0.5, 0.6) is 0 Å². The second kappa shape index (κ2) is 4.56. The lowest BCUT2D eigenvalue weighted by atomic mass is 10.2. The van der Waals surface area contributed by atoms with Crippen LogP contribution in [0.3, 0.4) is 0 Å². The Morgan fingerprint density at radius 2 is 2.17 bits per heavy atom. The molecule has 0 atom stereocenters. The molecule has 0 aliphatic heterocycles. The van der Waals surface area contributed by atoms with Gasteiger partial charge in [-0.1, -0.05) is 0 Å². The summed E-state index contributed by atoms with van der Waals surface area (Å²) in [6.45, 7) is 2.48. The normalized spacial score (nSPS) is 9.75. The van der Waals surface area contributed by atoms with Gasteiger partial charge in [0.2, 0.25) is 0 Å². The van der Waals surface area contributed by atoms with Crippen molar-refractivity contribution in [2.45, 2.75) is 6.92 Å². The van der Waals surface area contributed by atoms with E-state index in [2.05, 4.69) is 9.97 Å². The third-order valence-electron chi connectivity index (χ3n) is 1.32. The minimum atomic E-state index is -0.0857. The second-order valence-corrected chi connectivity index (χ2v) is 2.19. The van der Waals surface area contributed by atoms with Crippen LogP contribution in [-0.4, -0.2) is 29.0 Å². The van der Waals surface area contributed by atoms with Crippen LogP contribution in [0, 0.1) is 0 Å². The summed E-state index contributed by atoms with van der Waals surface area (Å²) >= 11 is 0. The predicted molar refractivity (Wildman–Crippen MR) is 42.9 cm³/mol. The van der Waals surface area contributed by atoms with Gasteiger partial charge >= 0.3 is 0 Å². The van der Waals surface area contributed by atoms with E-state index in [9.17, 15) is 4.79 Å². The van der Waals surface area contributed by atoms with E-state index >= 15 is 0 Å². The monoisotopic (exact) mass is 166 g/mol. The summed E-state index contributed by atoms with van der Waals surface area (Å²) in [4.78, 5) is 18.7. The summed E-state index contributed by atoms with van der Waals surface area (Å²) in [6, 6.07) is 0. The van der Waals surface area contributed by atoms with E-state index in [0.29, 0.717) is 12.2 Å². The van der Waals surface area contributed by atoms with Crippen LogP contribution in [0.2, 0.25) is 0 Å². The van der Waals surface area contributed by atoms with Gasteiger partial charge in [-0.05, 0) is 6.92 Å². The summed E-state index contributed by atoms with van der Waals surface area (Å²) in [5, 5.41) is 0. The molecule has 0 unspecified atom stereocenters. The molecule has 1 aromatic heterocycles. The highest BCUT2D eigenvalue weighted by molar-refractivity contribution is 5.96. The number of rotatable bonds is 4. The third kappa shape index (κ3) is 2.39. The number of hydrogen-bond donors (Lipinski definition) is 0. The SMILES string of the molecule is CCOCC(=O)c1cncnc1. The largest absolute Gasteiger partial charge is 0.374 e.